The van der Waals surface area contributed by atoms with Crippen LogP contribution in [0, 0.1) is 22.7 Å². The molecule has 0 nitrogen and oxygen atoms in total. The van der Waals surface area contributed by atoms with Gasteiger partial charge in [0, 0.05) is 5.25 Å². The molecule has 0 aromatic carbocycles. The van der Waals surface area contributed by atoms with Crippen LogP contribution in [0.3, 0.4) is 0 Å². The maximum atomic E-state index is 4.86. The van der Waals surface area contributed by atoms with Gasteiger partial charge in [0.05, 0.1) is 0 Å². The molecule has 0 saturated carbocycles. The Morgan fingerprint density at radius 3 is 1.69 bits per heavy atom. The molecule has 0 bridgehead atoms. The lowest BCUT2D eigenvalue weighted by Gasteiger charge is -2.42. The molecule has 98 valence electrons. The van der Waals surface area contributed by atoms with Crippen LogP contribution in [0.2, 0.25) is 0 Å². The van der Waals surface area contributed by atoms with Crippen molar-refractivity contribution >= 4 is 12.6 Å². The molecule has 0 aliphatic rings. The standard InChI is InChI=1S/C15H32S/c1-9-11(2)12(3)10-15(7,8)13(16)14(4,5)6/h11-13,16H,9-10H2,1-8H3. The van der Waals surface area contributed by atoms with E-state index in [1.807, 2.05) is 0 Å². The van der Waals surface area contributed by atoms with E-state index in [1.54, 1.807) is 0 Å². The van der Waals surface area contributed by atoms with E-state index >= 15 is 0 Å². The summed E-state index contributed by atoms with van der Waals surface area (Å²) < 4.78 is 0. The zero-order valence-electron chi connectivity index (χ0n) is 12.6. The van der Waals surface area contributed by atoms with Crippen LogP contribution in [0.25, 0.3) is 0 Å². The maximum Gasteiger partial charge on any atom is 0.0117 e. The summed E-state index contributed by atoms with van der Waals surface area (Å²) in [4.78, 5) is 0. The lowest BCUT2D eigenvalue weighted by molar-refractivity contribution is 0.166. The second kappa shape index (κ2) is 5.80. The molecule has 1 heteroatoms. The molecule has 16 heavy (non-hydrogen) atoms. The molecule has 0 aromatic heterocycles. The fraction of sp³-hybridized carbons (Fsp3) is 1.00. The van der Waals surface area contributed by atoms with E-state index in [4.69, 9.17) is 12.6 Å². The molecule has 0 fully saturated rings. The third-order valence-corrected chi connectivity index (χ3v) is 5.50. The first kappa shape index (κ1) is 16.4. The summed E-state index contributed by atoms with van der Waals surface area (Å²) in [6.07, 6.45) is 2.55. The Kier molecular flexibility index (Phi) is 5.92. The van der Waals surface area contributed by atoms with Gasteiger partial charge in [-0.15, -0.1) is 0 Å². The fourth-order valence-corrected chi connectivity index (χ4v) is 2.82. The summed E-state index contributed by atoms with van der Waals surface area (Å²) in [5, 5.41) is 0.450. The minimum atomic E-state index is 0.280. The Labute approximate surface area is 109 Å². The molecule has 0 radical (unpaired) electrons. The second-order valence-electron chi connectivity index (χ2n) is 7.32. The second-order valence-corrected chi connectivity index (χ2v) is 7.84. The van der Waals surface area contributed by atoms with E-state index in [2.05, 4.69) is 55.4 Å². The average Bonchev–Trinajstić information content (AvgIpc) is 2.13. The molecule has 0 aliphatic heterocycles. The Hall–Kier alpha value is 0.350. The highest BCUT2D eigenvalue weighted by Gasteiger charge is 2.36. The van der Waals surface area contributed by atoms with Crippen molar-refractivity contribution in [3.8, 4) is 0 Å². The van der Waals surface area contributed by atoms with Crippen LogP contribution in [-0.2, 0) is 0 Å². The summed E-state index contributed by atoms with van der Waals surface area (Å²) in [6.45, 7) is 18.7. The largest absolute Gasteiger partial charge is 0.175 e. The summed E-state index contributed by atoms with van der Waals surface area (Å²) in [5.41, 5.74) is 0.589. The van der Waals surface area contributed by atoms with E-state index in [1.165, 1.54) is 12.8 Å². The molecule has 0 spiro atoms. The van der Waals surface area contributed by atoms with E-state index in [9.17, 15) is 0 Å². The highest BCUT2D eigenvalue weighted by Crippen LogP contribution is 2.43. The predicted molar refractivity (Wildman–Crippen MR) is 79.2 cm³/mol. The van der Waals surface area contributed by atoms with Crippen molar-refractivity contribution in [3.05, 3.63) is 0 Å². The third kappa shape index (κ3) is 4.69. The van der Waals surface area contributed by atoms with Gasteiger partial charge in [-0.2, -0.15) is 12.6 Å². The van der Waals surface area contributed by atoms with Gasteiger partial charge in [-0.05, 0) is 29.1 Å². The average molecular weight is 244 g/mol. The first-order chi connectivity index (χ1) is 7.02. The van der Waals surface area contributed by atoms with Crippen molar-refractivity contribution in [2.45, 2.75) is 73.5 Å². The normalized spacial score (nSPS) is 19.3. The van der Waals surface area contributed by atoms with Gasteiger partial charge < -0.3 is 0 Å². The van der Waals surface area contributed by atoms with E-state index in [0.29, 0.717) is 10.7 Å². The molecule has 0 rings (SSSR count). The summed E-state index contributed by atoms with van der Waals surface area (Å²) >= 11 is 4.86. The highest BCUT2D eigenvalue weighted by molar-refractivity contribution is 7.81. The Morgan fingerprint density at radius 2 is 1.38 bits per heavy atom. The number of hydrogen-bond acceptors (Lipinski definition) is 1. The molecule has 0 amide bonds. The molecule has 0 saturated heterocycles. The fourth-order valence-electron chi connectivity index (χ4n) is 2.72. The van der Waals surface area contributed by atoms with Crippen molar-refractivity contribution in [1.82, 2.24) is 0 Å². The summed E-state index contributed by atoms with van der Waals surface area (Å²) in [5.74, 6) is 1.61. The minimum absolute atomic E-state index is 0.280. The zero-order valence-corrected chi connectivity index (χ0v) is 13.5. The van der Waals surface area contributed by atoms with Crippen LogP contribution in [0.1, 0.15) is 68.2 Å². The SMILES string of the molecule is CCC(C)C(C)CC(C)(C)C(S)C(C)(C)C. The van der Waals surface area contributed by atoms with E-state index < -0.39 is 0 Å². The molecule has 0 N–H and O–H groups in total. The van der Waals surface area contributed by atoms with Crippen LogP contribution >= 0.6 is 12.6 Å². The number of thiol groups is 1. The van der Waals surface area contributed by atoms with E-state index in [0.717, 1.165) is 11.8 Å². The topological polar surface area (TPSA) is 0 Å². The van der Waals surface area contributed by atoms with Crippen molar-refractivity contribution < 1.29 is 0 Å². The van der Waals surface area contributed by atoms with Crippen molar-refractivity contribution in [2.75, 3.05) is 0 Å². The van der Waals surface area contributed by atoms with Crippen LogP contribution in [0.15, 0.2) is 0 Å². The van der Waals surface area contributed by atoms with Gasteiger partial charge >= 0.3 is 0 Å². The van der Waals surface area contributed by atoms with Gasteiger partial charge in [-0.3, -0.25) is 0 Å². The monoisotopic (exact) mass is 244 g/mol. The lowest BCUT2D eigenvalue weighted by Crippen LogP contribution is -2.37. The zero-order chi connectivity index (χ0) is 13.1. The van der Waals surface area contributed by atoms with Crippen molar-refractivity contribution in [2.24, 2.45) is 22.7 Å². The van der Waals surface area contributed by atoms with Gasteiger partial charge in [-0.1, -0.05) is 61.8 Å². The molecule has 0 heterocycles. The maximum absolute atomic E-state index is 4.86. The van der Waals surface area contributed by atoms with Gasteiger partial charge in [0.2, 0.25) is 0 Å². The minimum Gasteiger partial charge on any atom is -0.175 e. The molecular weight excluding hydrogens is 212 g/mol. The van der Waals surface area contributed by atoms with Gasteiger partial charge in [-0.25, -0.2) is 0 Å². The first-order valence-corrected chi connectivity index (χ1v) is 7.22. The third-order valence-electron chi connectivity index (χ3n) is 4.02. The van der Waals surface area contributed by atoms with Crippen molar-refractivity contribution in [3.63, 3.8) is 0 Å². The molecule has 3 unspecified atom stereocenters. The van der Waals surface area contributed by atoms with E-state index in [-0.39, 0.29) is 5.41 Å². The van der Waals surface area contributed by atoms with Crippen LogP contribution in [-0.4, -0.2) is 5.25 Å². The molecule has 0 aliphatic carbocycles. The van der Waals surface area contributed by atoms with Crippen LogP contribution in [0.4, 0.5) is 0 Å². The molecule has 3 atom stereocenters. The Balaban J connectivity index is 4.56. The lowest BCUT2D eigenvalue weighted by atomic mass is 9.69. The quantitative estimate of drug-likeness (QED) is 0.613. The Morgan fingerprint density at radius 1 is 0.938 bits per heavy atom. The number of rotatable bonds is 5. The molecule has 0 aromatic rings. The Bertz CT molecular complexity index is 200. The van der Waals surface area contributed by atoms with Crippen molar-refractivity contribution in [1.29, 1.82) is 0 Å². The van der Waals surface area contributed by atoms with Gasteiger partial charge in [0.15, 0.2) is 0 Å². The van der Waals surface area contributed by atoms with Gasteiger partial charge in [0.25, 0.3) is 0 Å². The smallest absolute Gasteiger partial charge is 0.0117 e. The summed E-state index contributed by atoms with van der Waals surface area (Å²) in [7, 11) is 0. The predicted octanol–water partition coefficient (Wildman–Crippen LogP) is 5.43. The van der Waals surface area contributed by atoms with Crippen LogP contribution < -0.4 is 0 Å². The number of hydrogen-bond donors (Lipinski definition) is 1. The first-order valence-electron chi connectivity index (χ1n) is 6.70. The summed E-state index contributed by atoms with van der Waals surface area (Å²) in [6, 6.07) is 0. The van der Waals surface area contributed by atoms with Crippen LogP contribution in [0.5, 0.6) is 0 Å². The van der Waals surface area contributed by atoms with Gasteiger partial charge in [0.1, 0.15) is 0 Å². The molecular formula is C15H32S. The highest BCUT2D eigenvalue weighted by atomic mass is 32.1.